The highest BCUT2D eigenvalue weighted by Gasteiger charge is 2.09. The van der Waals surface area contributed by atoms with Gasteiger partial charge in [-0.05, 0) is 18.2 Å². The maximum atomic E-state index is 11.4. The van der Waals surface area contributed by atoms with Gasteiger partial charge < -0.3 is 10.1 Å². The topological polar surface area (TPSA) is 75.1 Å². The van der Waals surface area contributed by atoms with Crippen LogP contribution in [0.2, 0.25) is 0 Å². The van der Waals surface area contributed by atoms with Crippen LogP contribution in [0.3, 0.4) is 0 Å². The van der Waals surface area contributed by atoms with Crippen molar-refractivity contribution in [2.24, 2.45) is 0 Å². The number of carbonyl (C=O) groups is 1. The van der Waals surface area contributed by atoms with Crippen LogP contribution in [0.4, 0.5) is 0 Å². The first kappa shape index (κ1) is 9.97. The number of carboxylic acids is 1. The van der Waals surface area contributed by atoms with E-state index < -0.39 is 11.7 Å². The highest BCUT2D eigenvalue weighted by Crippen LogP contribution is 2.16. The molecule has 1 aromatic carbocycles. The Bertz CT molecular complexity index is 585. The third-order valence-corrected chi connectivity index (χ3v) is 2.52. The van der Waals surface area contributed by atoms with Crippen molar-refractivity contribution in [1.29, 1.82) is 0 Å². The lowest BCUT2D eigenvalue weighted by atomic mass is 10.3. The van der Waals surface area contributed by atoms with Crippen LogP contribution in [0.25, 0.3) is 11.0 Å². The van der Waals surface area contributed by atoms with E-state index in [-0.39, 0.29) is 6.54 Å². The minimum absolute atomic E-state index is 0.333. The first-order valence-corrected chi connectivity index (χ1v) is 4.97. The van der Waals surface area contributed by atoms with Gasteiger partial charge in [-0.15, -0.1) is 0 Å². The number of halogens is 1. The number of hydrogen-bond donors (Lipinski definition) is 2. The summed E-state index contributed by atoms with van der Waals surface area (Å²) in [5.41, 5.74) is 0.798. The number of benzene rings is 1. The Morgan fingerprint density at radius 1 is 1.53 bits per heavy atom. The molecule has 0 atom stereocenters. The molecule has 1 aromatic heterocycles. The van der Waals surface area contributed by atoms with Gasteiger partial charge in [-0.2, -0.15) is 0 Å². The monoisotopic (exact) mass is 270 g/mol. The van der Waals surface area contributed by atoms with Crippen molar-refractivity contribution in [3.8, 4) is 0 Å². The second-order valence-corrected chi connectivity index (χ2v) is 3.99. The zero-order valence-corrected chi connectivity index (χ0v) is 9.11. The minimum atomic E-state index is -1.04. The summed E-state index contributed by atoms with van der Waals surface area (Å²) in [7, 11) is 0. The zero-order valence-electron chi connectivity index (χ0n) is 7.53. The fraction of sp³-hybridized carbons (Fsp3) is 0.111. The molecule has 0 bridgehead atoms. The molecule has 0 aliphatic rings. The maximum absolute atomic E-state index is 11.4. The summed E-state index contributed by atoms with van der Waals surface area (Å²) in [5.74, 6) is -1.04. The molecule has 0 saturated heterocycles. The first-order valence-electron chi connectivity index (χ1n) is 4.18. The summed E-state index contributed by atoms with van der Waals surface area (Å²) in [4.78, 5) is 24.5. The molecule has 0 aliphatic heterocycles. The molecule has 78 valence electrons. The molecule has 6 heteroatoms. The molecule has 0 saturated carbocycles. The van der Waals surface area contributed by atoms with E-state index in [1.807, 2.05) is 0 Å². The molecule has 0 spiro atoms. The molecule has 0 aliphatic carbocycles. The molecule has 1 heterocycles. The van der Waals surface area contributed by atoms with Crippen molar-refractivity contribution in [2.45, 2.75) is 6.54 Å². The number of nitrogens with one attached hydrogen (secondary N) is 1. The van der Waals surface area contributed by atoms with Crippen LogP contribution in [0, 0.1) is 0 Å². The third kappa shape index (κ3) is 1.80. The van der Waals surface area contributed by atoms with E-state index in [4.69, 9.17) is 5.11 Å². The Balaban J connectivity index is 2.68. The molecule has 15 heavy (non-hydrogen) atoms. The number of fused-ring (bicyclic) bond motifs is 1. The minimum Gasteiger partial charge on any atom is -0.480 e. The van der Waals surface area contributed by atoms with Crippen LogP contribution in [0.5, 0.6) is 0 Å². The van der Waals surface area contributed by atoms with E-state index in [1.54, 1.807) is 18.2 Å². The summed E-state index contributed by atoms with van der Waals surface area (Å²) in [6.07, 6.45) is 0. The lowest BCUT2D eigenvalue weighted by Gasteiger charge is -1.98. The number of aromatic nitrogens is 2. The fourth-order valence-electron chi connectivity index (χ4n) is 1.43. The van der Waals surface area contributed by atoms with Gasteiger partial charge >= 0.3 is 11.7 Å². The van der Waals surface area contributed by atoms with Gasteiger partial charge in [-0.25, -0.2) is 4.79 Å². The van der Waals surface area contributed by atoms with E-state index in [1.165, 1.54) is 4.57 Å². The van der Waals surface area contributed by atoms with E-state index in [2.05, 4.69) is 20.9 Å². The predicted octanol–water partition coefficient (Wildman–Crippen LogP) is 1.18. The van der Waals surface area contributed by atoms with E-state index >= 15 is 0 Å². The number of aromatic amines is 1. The standard InChI is InChI=1S/C9H7BrN2O3/c10-5-1-2-7-6(3-5)11-9(15)12(7)4-8(13)14/h1-3H,4H2,(H,11,15)(H,13,14). The van der Waals surface area contributed by atoms with Crippen LogP contribution >= 0.6 is 15.9 Å². The second-order valence-electron chi connectivity index (χ2n) is 3.07. The van der Waals surface area contributed by atoms with Crippen LogP contribution in [0.1, 0.15) is 0 Å². The van der Waals surface area contributed by atoms with Crippen molar-refractivity contribution >= 4 is 32.9 Å². The molecule has 2 aromatic rings. The van der Waals surface area contributed by atoms with Crippen molar-refractivity contribution in [3.63, 3.8) is 0 Å². The molecular formula is C9H7BrN2O3. The average molecular weight is 271 g/mol. The lowest BCUT2D eigenvalue weighted by Crippen LogP contribution is -2.21. The molecule has 0 radical (unpaired) electrons. The van der Waals surface area contributed by atoms with Gasteiger partial charge in [0.05, 0.1) is 11.0 Å². The lowest BCUT2D eigenvalue weighted by molar-refractivity contribution is -0.137. The number of aliphatic carboxylic acids is 1. The van der Waals surface area contributed by atoms with Gasteiger partial charge in [0.1, 0.15) is 6.54 Å². The Morgan fingerprint density at radius 2 is 2.27 bits per heavy atom. The Morgan fingerprint density at radius 3 is 2.93 bits per heavy atom. The van der Waals surface area contributed by atoms with Crippen molar-refractivity contribution in [1.82, 2.24) is 9.55 Å². The molecule has 0 amide bonds. The molecule has 2 rings (SSSR count). The molecule has 0 fully saturated rings. The van der Waals surface area contributed by atoms with Crippen molar-refractivity contribution in [2.75, 3.05) is 0 Å². The normalized spacial score (nSPS) is 10.7. The third-order valence-electron chi connectivity index (χ3n) is 2.03. The van der Waals surface area contributed by atoms with Crippen LogP contribution in [0.15, 0.2) is 27.5 Å². The zero-order chi connectivity index (χ0) is 11.0. The molecule has 5 nitrogen and oxygen atoms in total. The van der Waals surface area contributed by atoms with Gasteiger partial charge in [0.2, 0.25) is 0 Å². The average Bonchev–Trinajstić information content (AvgIpc) is 2.41. The largest absolute Gasteiger partial charge is 0.480 e. The molecule has 2 N–H and O–H groups in total. The summed E-state index contributed by atoms with van der Waals surface area (Å²) < 4.78 is 2.02. The summed E-state index contributed by atoms with van der Waals surface area (Å²) in [6, 6.07) is 5.18. The smallest absolute Gasteiger partial charge is 0.327 e. The Kier molecular flexibility index (Phi) is 2.36. The highest BCUT2D eigenvalue weighted by molar-refractivity contribution is 9.10. The number of hydrogen-bond acceptors (Lipinski definition) is 2. The Hall–Kier alpha value is -1.56. The number of rotatable bonds is 2. The number of nitrogens with zero attached hydrogens (tertiary/aromatic N) is 1. The summed E-state index contributed by atoms with van der Waals surface area (Å²) in [6.45, 7) is -0.333. The van der Waals surface area contributed by atoms with Crippen molar-refractivity contribution < 1.29 is 9.90 Å². The summed E-state index contributed by atoms with van der Waals surface area (Å²) in [5, 5.41) is 8.64. The van der Waals surface area contributed by atoms with Gasteiger partial charge in [-0.3, -0.25) is 9.36 Å². The van der Waals surface area contributed by atoms with E-state index in [9.17, 15) is 9.59 Å². The van der Waals surface area contributed by atoms with Gasteiger partial charge in [0, 0.05) is 4.47 Å². The fourth-order valence-corrected chi connectivity index (χ4v) is 1.79. The quantitative estimate of drug-likeness (QED) is 0.861. The molecule has 0 unspecified atom stereocenters. The first-order chi connectivity index (χ1) is 7.08. The number of imidazole rings is 1. The number of carboxylic acid groups (broad SMARTS) is 1. The van der Waals surface area contributed by atoms with Gasteiger partial charge in [0.15, 0.2) is 0 Å². The number of H-pyrrole nitrogens is 1. The second kappa shape index (κ2) is 3.54. The highest BCUT2D eigenvalue weighted by atomic mass is 79.9. The maximum Gasteiger partial charge on any atom is 0.327 e. The Labute approximate surface area is 92.5 Å². The SMILES string of the molecule is O=C(O)Cn1c(=O)[nH]c2cc(Br)ccc21. The van der Waals surface area contributed by atoms with Gasteiger partial charge in [-0.1, -0.05) is 15.9 Å². The van der Waals surface area contributed by atoms with Crippen LogP contribution < -0.4 is 5.69 Å². The predicted molar refractivity (Wildman–Crippen MR) is 57.9 cm³/mol. The van der Waals surface area contributed by atoms with Gasteiger partial charge in [0.25, 0.3) is 0 Å². The summed E-state index contributed by atoms with van der Waals surface area (Å²) >= 11 is 3.27. The van der Waals surface area contributed by atoms with Crippen molar-refractivity contribution in [3.05, 3.63) is 33.2 Å². The van der Waals surface area contributed by atoms with Crippen LogP contribution in [-0.4, -0.2) is 20.6 Å². The molecular weight excluding hydrogens is 264 g/mol. The van der Waals surface area contributed by atoms with Crippen LogP contribution in [-0.2, 0) is 11.3 Å². The van der Waals surface area contributed by atoms with E-state index in [0.717, 1.165) is 4.47 Å². The van der Waals surface area contributed by atoms with E-state index in [0.29, 0.717) is 11.0 Å².